The third-order valence-corrected chi connectivity index (χ3v) is 4.23. The Morgan fingerprint density at radius 3 is 3.14 bits per heavy atom. The molecule has 0 spiro atoms. The number of nitrogens with one attached hydrogen (secondary N) is 1. The van der Waals surface area contributed by atoms with Gasteiger partial charge in [-0.3, -0.25) is 0 Å². The first-order valence-electron chi connectivity index (χ1n) is 8.12. The molecule has 2 aromatic heterocycles. The summed E-state index contributed by atoms with van der Waals surface area (Å²) in [4.78, 5) is 2.33. The minimum absolute atomic E-state index is 0.483. The highest BCUT2D eigenvalue weighted by Gasteiger charge is 2.22. The van der Waals surface area contributed by atoms with Crippen LogP contribution in [0.3, 0.4) is 0 Å². The lowest BCUT2D eigenvalue weighted by Gasteiger charge is -2.35. The van der Waals surface area contributed by atoms with Crippen molar-refractivity contribution in [2.24, 2.45) is 0 Å². The summed E-state index contributed by atoms with van der Waals surface area (Å²) in [6.07, 6.45) is 7.96. The molecule has 3 rings (SSSR count). The van der Waals surface area contributed by atoms with E-state index in [9.17, 15) is 0 Å². The second-order valence-corrected chi connectivity index (χ2v) is 6.05. The number of hydrogen-bond acceptors (Lipinski definition) is 5. The standard InChI is InChI=1S/C17H24N4O/c1-14(8-9-16-6-4-12-22-16)19-15-5-3-11-21(13-15)17-7-2-10-18-20-17/h2,4,6-7,10,12,14-15,19H,3,5,8-9,11,13H2,1H3/t14-,15+/m1/s1. The number of anilines is 1. The van der Waals surface area contributed by atoms with Crippen molar-refractivity contribution in [1.82, 2.24) is 15.5 Å². The second kappa shape index (κ2) is 7.40. The largest absolute Gasteiger partial charge is 0.469 e. The van der Waals surface area contributed by atoms with Gasteiger partial charge in [0.2, 0.25) is 0 Å². The van der Waals surface area contributed by atoms with Gasteiger partial charge in [0.15, 0.2) is 5.82 Å². The van der Waals surface area contributed by atoms with Gasteiger partial charge in [0.05, 0.1) is 6.26 Å². The van der Waals surface area contributed by atoms with E-state index in [4.69, 9.17) is 4.42 Å². The Hall–Kier alpha value is -1.88. The summed E-state index contributed by atoms with van der Waals surface area (Å²) in [5.74, 6) is 2.05. The maximum absolute atomic E-state index is 5.40. The fraction of sp³-hybridized carbons (Fsp3) is 0.529. The number of piperidine rings is 1. The molecule has 1 aliphatic rings. The van der Waals surface area contributed by atoms with Gasteiger partial charge in [-0.2, -0.15) is 5.10 Å². The van der Waals surface area contributed by atoms with Gasteiger partial charge in [-0.15, -0.1) is 5.10 Å². The first kappa shape index (κ1) is 15.0. The quantitative estimate of drug-likeness (QED) is 0.889. The van der Waals surface area contributed by atoms with Gasteiger partial charge in [0.1, 0.15) is 5.76 Å². The van der Waals surface area contributed by atoms with Crippen LogP contribution in [0.5, 0.6) is 0 Å². The monoisotopic (exact) mass is 300 g/mol. The predicted octanol–water partition coefficient (Wildman–Crippen LogP) is 2.65. The van der Waals surface area contributed by atoms with Crippen LogP contribution in [0.25, 0.3) is 0 Å². The molecule has 0 bridgehead atoms. The molecule has 0 saturated carbocycles. The van der Waals surface area contributed by atoms with Crippen LogP contribution in [0.15, 0.2) is 41.1 Å². The Balaban J connectivity index is 1.47. The maximum atomic E-state index is 5.40. The zero-order valence-corrected chi connectivity index (χ0v) is 13.1. The van der Waals surface area contributed by atoms with Crippen LogP contribution in [0.1, 0.15) is 31.9 Å². The molecule has 5 heteroatoms. The summed E-state index contributed by atoms with van der Waals surface area (Å²) in [6, 6.07) is 8.98. The predicted molar refractivity (Wildman–Crippen MR) is 86.9 cm³/mol. The second-order valence-electron chi connectivity index (χ2n) is 6.05. The highest BCUT2D eigenvalue weighted by molar-refractivity contribution is 5.37. The number of furan rings is 1. The van der Waals surface area contributed by atoms with Crippen molar-refractivity contribution in [2.45, 2.75) is 44.7 Å². The Bertz CT molecular complexity index is 543. The van der Waals surface area contributed by atoms with Gasteiger partial charge in [0, 0.05) is 37.8 Å². The normalized spacial score (nSPS) is 20.0. The van der Waals surface area contributed by atoms with Crippen molar-refractivity contribution in [2.75, 3.05) is 18.0 Å². The Labute approximate surface area is 131 Å². The molecule has 0 radical (unpaired) electrons. The van der Waals surface area contributed by atoms with Crippen LogP contribution in [0.2, 0.25) is 0 Å². The van der Waals surface area contributed by atoms with Gasteiger partial charge < -0.3 is 14.6 Å². The Morgan fingerprint density at radius 2 is 2.36 bits per heavy atom. The lowest BCUT2D eigenvalue weighted by molar-refractivity contribution is 0.366. The van der Waals surface area contributed by atoms with Crippen molar-refractivity contribution in [1.29, 1.82) is 0 Å². The van der Waals surface area contributed by atoms with Gasteiger partial charge in [-0.25, -0.2) is 0 Å². The number of aromatic nitrogens is 2. The lowest BCUT2D eigenvalue weighted by atomic mass is 10.0. The minimum atomic E-state index is 0.483. The van der Waals surface area contributed by atoms with Gasteiger partial charge in [0.25, 0.3) is 0 Å². The first-order valence-corrected chi connectivity index (χ1v) is 8.12. The molecule has 1 saturated heterocycles. The number of nitrogens with zero attached hydrogens (tertiary/aromatic N) is 3. The Morgan fingerprint density at radius 1 is 1.41 bits per heavy atom. The molecule has 0 aromatic carbocycles. The maximum Gasteiger partial charge on any atom is 0.151 e. The van der Waals surface area contributed by atoms with Crippen LogP contribution in [-0.4, -0.2) is 35.4 Å². The highest BCUT2D eigenvalue weighted by atomic mass is 16.3. The SMILES string of the molecule is C[C@H](CCc1ccco1)N[C@H]1CCCN(c2cccnn2)C1. The number of aryl methyl sites for hydroxylation is 1. The fourth-order valence-corrected chi connectivity index (χ4v) is 3.08. The van der Waals surface area contributed by atoms with Gasteiger partial charge in [-0.1, -0.05) is 0 Å². The van der Waals surface area contributed by atoms with Crippen LogP contribution >= 0.6 is 0 Å². The zero-order valence-electron chi connectivity index (χ0n) is 13.1. The molecule has 118 valence electrons. The zero-order chi connectivity index (χ0) is 15.2. The van der Waals surface area contributed by atoms with E-state index in [1.807, 2.05) is 24.3 Å². The summed E-state index contributed by atoms with van der Waals surface area (Å²) >= 11 is 0. The topological polar surface area (TPSA) is 54.2 Å². The summed E-state index contributed by atoms with van der Waals surface area (Å²) < 4.78 is 5.40. The molecule has 5 nitrogen and oxygen atoms in total. The molecule has 2 aromatic rings. The van der Waals surface area contributed by atoms with Crippen molar-refractivity contribution in [3.8, 4) is 0 Å². The molecule has 3 heterocycles. The summed E-state index contributed by atoms with van der Waals surface area (Å²) in [6.45, 7) is 4.33. The fourth-order valence-electron chi connectivity index (χ4n) is 3.08. The van der Waals surface area contributed by atoms with Crippen molar-refractivity contribution in [3.05, 3.63) is 42.5 Å². The van der Waals surface area contributed by atoms with E-state index in [2.05, 4.69) is 27.3 Å². The number of rotatable bonds is 6. The molecular formula is C17H24N4O. The average Bonchev–Trinajstić information content (AvgIpc) is 3.08. The van der Waals surface area contributed by atoms with E-state index >= 15 is 0 Å². The van der Waals surface area contributed by atoms with E-state index in [1.165, 1.54) is 12.8 Å². The van der Waals surface area contributed by atoms with Crippen LogP contribution in [0.4, 0.5) is 5.82 Å². The molecule has 2 atom stereocenters. The lowest BCUT2D eigenvalue weighted by Crippen LogP contribution is -2.48. The molecule has 1 aliphatic heterocycles. The summed E-state index contributed by atoms with van der Waals surface area (Å²) in [5.41, 5.74) is 0. The summed E-state index contributed by atoms with van der Waals surface area (Å²) in [7, 11) is 0. The highest BCUT2D eigenvalue weighted by Crippen LogP contribution is 2.17. The van der Waals surface area contributed by atoms with Gasteiger partial charge >= 0.3 is 0 Å². The van der Waals surface area contributed by atoms with Crippen LogP contribution in [0, 0.1) is 0 Å². The van der Waals surface area contributed by atoms with Crippen molar-refractivity contribution < 1.29 is 4.42 Å². The van der Waals surface area contributed by atoms with Crippen LogP contribution < -0.4 is 10.2 Å². The van der Waals surface area contributed by atoms with Crippen LogP contribution in [-0.2, 0) is 6.42 Å². The van der Waals surface area contributed by atoms with Crippen molar-refractivity contribution >= 4 is 5.82 Å². The van der Waals surface area contributed by atoms with E-state index in [1.54, 1.807) is 12.5 Å². The third-order valence-electron chi connectivity index (χ3n) is 4.23. The third kappa shape index (κ3) is 4.07. The molecule has 0 unspecified atom stereocenters. The molecule has 1 N–H and O–H groups in total. The van der Waals surface area contributed by atoms with E-state index < -0.39 is 0 Å². The minimum Gasteiger partial charge on any atom is -0.469 e. The molecule has 22 heavy (non-hydrogen) atoms. The smallest absolute Gasteiger partial charge is 0.151 e. The molecule has 0 aliphatic carbocycles. The van der Waals surface area contributed by atoms with E-state index in [-0.39, 0.29) is 0 Å². The number of hydrogen-bond donors (Lipinski definition) is 1. The van der Waals surface area contributed by atoms with Crippen molar-refractivity contribution in [3.63, 3.8) is 0 Å². The Kier molecular flexibility index (Phi) is 5.06. The van der Waals surface area contributed by atoms with Gasteiger partial charge in [-0.05, 0) is 50.5 Å². The first-order chi connectivity index (χ1) is 10.8. The van der Waals surface area contributed by atoms with E-state index in [0.717, 1.165) is 37.5 Å². The average molecular weight is 300 g/mol. The molecule has 1 fully saturated rings. The molecule has 0 amide bonds. The molecular weight excluding hydrogens is 276 g/mol. The summed E-state index contributed by atoms with van der Waals surface area (Å²) in [5, 5.41) is 12.0. The van der Waals surface area contributed by atoms with E-state index in [0.29, 0.717) is 12.1 Å².